The average Bonchev–Trinajstić information content (AvgIpc) is 2.50. The standard InChI is InChI=1S/C7H12N4O/c1-4-6-8-5-11(9-6)7(12)10(2)3/h5H,4H2,1-3H3. The third-order valence-electron chi connectivity index (χ3n) is 1.43. The van der Waals surface area contributed by atoms with Crippen molar-refractivity contribution >= 4 is 6.03 Å². The van der Waals surface area contributed by atoms with Crippen molar-refractivity contribution in [3.8, 4) is 0 Å². The van der Waals surface area contributed by atoms with Gasteiger partial charge < -0.3 is 4.90 Å². The molecule has 66 valence electrons. The quantitative estimate of drug-likeness (QED) is 0.608. The van der Waals surface area contributed by atoms with Crippen molar-refractivity contribution in [1.29, 1.82) is 0 Å². The van der Waals surface area contributed by atoms with Crippen LogP contribution in [-0.2, 0) is 6.42 Å². The predicted molar refractivity (Wildman–Crippen MR) is 43.9 cm³/mol. The van der Waals surface area contributed by atoms with Crippen molar-refractivity contribution in [1.82, 2.24) is 19.7 Å². The van der Waals surface area contributed by atoms with Crippen LogP contribution in [0.4, 0.5) is 4.79 Å². The third-order valence-corrected chi connectivity index (χ3v) is 1.43. The number of nitrogens with zero attached hydrogens (tertiary/aromatic N) is 4. The van der Waals surface area contributed by atoms with Gasteiger partial charge >= 0.3 is 6.03 Å². The first-order chi connectivity index (χ1) is 5.65. The van der Waals surface area contributed by atoms with Gasteiger partial charge in [-0.25, -0.2) is 9.78 Å². The highest BCUT2D eigenvalue weighted by molar-refractivity contribution is 5.74. The van der Waals surface area contributed by atoms with Gasteiger partial charge in [0, 0.05) is 20.5 Å². The Kier molecular flexibility index (Phi) is 2.42. The molecule has 0 unspecified atom stereocenters. The lowest BCUT2D eigenvalue weighted by Gasteiger charge is -2.07. The van der Waals surface area contributed by atoms with Crippen molar-refractivity contribution in [3.05, 3.63) is 12.2 Å². The van der Waals surface area contributed by atoms with Crippen molar-refractivity contribution < 1.29 is 4.79 Å². The SMILES string of the molecule is CCc1ncn(C(=O)N(C)C)n1. The second-order valence-corrected chi connectivity index (χ2v) is 2.64. The highest BCUT2D eigenvalue weighted by Crippen LogP contribution is 1.92. The molecule has 1 aromatic heterocycles. The molecule has 0 N–H and O–H groups in total. The summed E-state index contributed by atoms with van der Waals surface area (Å²) in [6.07, 6.45) is 2.18. The Bertz CT molecular complexity index is 279. The minimum atomic E-state index is -0.179. The van der Waals surface area contributed by atoms with Crippen LogP contribution in [0.1, 0.15) is 12.7 Å². The van der Waals surface area contributed by atoms with Gasteiger partial charge in [0.05, 0.1) is 0 Å². The maximum Gasteiger partial charge on any atom is 0.345 e. The van der Waals surface area contributed by atoms with Gasteiger partial charge in [0.2, 0.25) is 0 Å². The van der Waals surface area contributed by atoms with Crippen LogP contribution < -0.4 is 0 Å². The lowest BCUT2D eigenvalue weighted by atomic mass is 10.5. The smallest absolute Gasteiger partial charge is 0.329 e. The average molecular weight is 168 g/mol. The zero-order chi connectivity index (χ0) is 9.14. The Labute approximate surface area is 71.0 Å². The molecule has 5 heteroatoms. The molecule has 0 radical (unpaired) electrons. The molecular formula is C7H12N4O. The summed E-state index contributed by atoms with van der Waals surface area (Å²) in [4.78, 5) is 16.7. The number of carbonyl (C=O) groups excluding carboxylic acids is 1. The third kappa shape index (κ3) is 1.61. The fourth-order valence-electron chi connectivity index (χ4n) is 0.756. The molecule has 1 amide bonds. The normalized spacial score (nSPS) is 9.92. The molecule has 0 saturated heterocycles. The number of carbonyl (C=O) groups is 1. The molecule has 0 fully saturated rings. The lowest BCUT2D eigenvalue weighted by molar-refractivity contribution is 0.215. The Morgan fingerprint density at radius 1 is 1.67 bits per heavy atom. The minimum Gasteiger partial charge on any atom is -0.329 e. The van der Waals surface area contributed by atoms with Crippen LogP contribution in [-0.4, -0.2) is 39.8 Å². The van der Waals surface area contributed by atoms with Gasteiger partial charge in [-0.3, -0.25) is 0 Å². The van der Waals surface area contributed by atoms with Gasteiger partial charge in [-0.05, 0) is 0 Å². The van der Waals surface area contributed by atoms with Crippen LogP contribution in [0.2, 0.25) is 0 Å². The molecule has 0 aliphatic carbocycles. The second kappa shape index (κ2) is 3.34. The van der Waals surface area contributed by atoms with Gasteiger partial charge in [-0.1, -0.05) is 6.92 Å². The van der Waals surface area contributed by atoms with E-state index >= 15 is 0 Å². The van der Waals surface area contributed by atoms with E-state index in [1.807, 2.05) is 6.92 Å². The molecule has 0 spiro atoms. The summed E-state index contributed by atoms with van der Waals surface area (Å²) in [5.74, 6) is 0.685. The fraction of sp³-hybridized carbons (Fsp3) is 0.571. The highest BCUT2D eigenvalue weighted by atomic mass is 16.2. The highest BCUT2D eigenvalue weighted by Gasteiger charge is 2.08. The topological polar surface area (TPSA) is 51.0 Å². The van der Waals surface area contributed by atoms with Crippen molar-refractivity contribution in [3.63, 3.8) is 0 Å². The maximum absolute atomic E-state index is 11.3. The molecule has 12 heavy (non-hydrogen) atoms. The van der Waals surface area contributed by atoms with Crippen LogP contribution in [0.5, 0.6) is 0 Å². The van der Waals surface area contributed by atoms with Gasteiger partial charge in [-0.2, -0.15) is 4.68 Å². The zero-order valence-corrected chi connectivity index (χ0v) is 7.48. The predicted octanol–water partition coefficient (Wildman–Crippen LogP) is 0.370. The van der Waals surface area contributed by atoms with E-state index in [0.29, 0.717) is 5.82 Å². The number of hydrogen-bond donors (Lipinski definition) is 0. The van der Waals surface area contributed by atoms with Crippen LogP contribution in [0, 0.1) is 0 Å². The Hall–Kier alpha value is -1.39. The van der Waals surface area contributed by atoms with Gasteiger partial charge in [0.15, 0.2) is 5.82 Å². The summed E-state index contributed by atoms with van der Waals surface area (Å²) in [6.45, 7) is 1.94. The van der Waals surface area contributed by atoms with Crippen LogP contribution in [0.15, 0.2) is 6.33 Å². The van der Waals surface area contributed by atoms with Crippen LogP contribution in [0.25, 0.3) is 0 Å². The Morgan fingerprint density at radius 3 is 2.75 bits per heavy atom. The monoisotopic (exact) mass is 168 g/mol. The molecule has 0 saturated carbocycles. The van der Waals surface area contributed by atoms with Crippen molar-refractivity contribution in [2.75, 3.05) is 14.1 Å². The van der Waals surface area contributed by atoms with E-state index < -0.39 is 0 Å². The van der Waals surface area contributed by atoms with Crippen LogP contribution in [0.3, 0.4) is 0 Å². The van der Waals surface area contributed by atoms with E-state index in [4.69, 9.17) is 0 Å². The van der Waals surface area contributed by atoms with E-state index in [0.717, 1.165) is 6.42 Å². The van der Waals surface area contributed by atoms with Gasteiger partial charge in [-0.15, -0.1) is 5.10 Å². The summed E-state index contributed by atoms with van der Waals surface area (Å²) in [5, 5.41) is 3.96. The lowest BCUT2D eigenvalue weighted by Crippen LogP contribution is -2.27. The zero-order valence-electron chi connectivity index (χ0n) is 7.48. The molecule has 1 heterocycles. The summed E-state index contributed by atoms with van der Waals surface area (Å²) in [7, 11) is 3.35. The summed E-state index contributed by atoms with van der Waals surface area (Å²) >= 11 is 0. The first-order valence-electron chi connectivity index (χ1n) is 3.77. The molecule has 0 atom stereocenters. The van der Waals surface area contributed by atoms with Crippen LogP contribution >= 0.6 is 0 Å². The number of hydrogen-bond acceptors (Lipinski definition) is 3. The molecule has 0 aliphatic rings. The molecule has 0 aromatic carbocycles. The molecule has 5 nitrogen and oxygen atoms in total. The molecule has 0 bridgehead atoms. The Balaban J connectivity index is 2.82. The maximum atomic E-state index is 11.3. The number of rotatable bonds is 1. The van der Waals surface area contributed by atoms with Gasteiger partial charge in [0.25, 0.3) is 0 Å². The number of amides is 1. The fourth-order valence-corrected chi connectivity index (χ4v) is 0.756. The summed E-state index contributed by atoms with van der Waals surface area (Å²) in [5.41, 5.74) is 0. The molecule has 1 rings (SSSR count). The first-order valence-corrected chi connectivity index (χ1v) is 3.77. The molecule has 1 aromatic rings. The van der Waals surface area contributed by atoms with E-state index in [1.54, 1.807) is 14.1 Å². The molecule has 0 aliphatic heterocycles. The minimum absolute atomic E-state index is 0.179. The second-order valence-electron chi connectivity index (χ2n) is 2.64. The van der Waals surface area contributed by atoms with Crippen molar-refractivity contribution in [2.24, 2.45) is 0 Å². The van der Waals surface area contributed by atoms with E-state index in [1.165, 1.54) is 15.9 Å². The number of aryl methyl sites for hydroxylation is 1. The van der Waals surface area contributed by atoms with Gasteiger partial charge in [0.1, 0.15) is 6.33 Å². The Morgan fingerprint density at radius 2 is 2.33 bits per heavy atom. The van der Waals surface area contributed by atoms with E-state index in [2.05, 4.69) is 10.1 Å². The number of aromatic nitrogens is 3. The largest absolute Gasteiger partial charge is 0.345 e. The first kappa shape index (κ1) is 8.70. The summed E-state index contributed by atoms with van der Waals surface area (Å²) in [6, 6.07) is -0.179. The summed E-state index contributed by atoms with van der Waals surface area (Å²) < 4.78 is 1.23. The van der Waals surface area contributed by atoms with Crippen molar-refractivity contribution in [2.45, 2.75) is 13.3 Å². The van der Waals surface area contributed by atoms with E-state index in [-0.39, 0.29) is 6.03 Å². The molecular weight excluding hydrogens is 156 g/mol. The van der Waals surface area contributed by atoms with E-state index in [9.17, 15) is 4.79 Å².